The summed E-state index contributed by atoms with van der Waals surface area (Å²) >= 11 is 0. The van der Waals surface area contributed by atoms with Gasteiger partial charge in [0.05, 0.1) is 10.8 Å². The van der Waals surface area contributed by atoms with Crippen LogP contribution < -0.4 is 5.32 Å². The van der Waals surface area contributed by atoms with Crippen molar-refractivity contribution in [1.82, 2.24) is 0 Å². The predicted octanol–water partition coefficient (Wildman–Crippen LogP) is 2.38. The molecule has 0 saturated carbocycles. The molecule has 0 aliphatic rings. The molecule has 2 N–H and O–H groups in total. The summed E-state index contributed by atoms with van der Waals surface area (Å²) in [6, 6.07) is 5.85. The molecule has 1 aromatic carbocycles. The van der Waals surface area contributed by atoms with Crippen LogP contribution in [0.3, 0.4) is 0 Å². The molecule has 0 amide bonds. The molecule has 0 heterocycles. The second-order valence-electron chi connectivity index (χ2n) is 4.31. The Labute approximate surface area is 116 Å². The average molecular weight is 277 g/mol. The van der Waals surface area contributed by atoms with Crippen molar-refractivity contribution in [3.8, 4) is 6.07 Å². The number of nitrogens with one attached hydrogen (secondary N) is 1. The minimum atomic E-state index is -0.900. The zero-order chi connectivity index (χ0) is 15.1. The van der Waals surface area contributed by atoms with Crippen molar-refractivity contribution in [3.05, 3.63) is 33.9 Å². The Morgan fingerprint density at radius 3 is 2.80 bits per heavy atom. The summed E-state index contributed by atoms with van der Waals surface area (Å²) in [7, 11) is 0. The Balaban J connectivity index is 2.83. The lowest BCUT2D eigenvalue weighted by atomic mass is 10.0. The summed E-state index contributed by atoms with van der Waals surface area (Å²) in [5.74, 6) is -1.45. The molecular formula is C13H15N3O4. The van der Waals surface area contributed by atoms with Gasteiger partial charge in [0.15, 0.2) is 0 Å². The Morgan fingerprint density at radius 1 is 1.60 bits per heavy atom. The molecule has 0 radical (unpaired) electrons. The maximum atomic E-state index is 11.0. The molecule has 0 bridgehead atoms. The molecule has 1 rings (SSSR count). The van der Waals surface area contributed by atoms with E-state index in [1.165, 1.54) is 18.2 Å². The monoisotopic (exact) mass is 277 g/mol. The van der Waals surface area contributed by atoms with E-state index in [0.29, 0.717) is 12.1 Å². The van der Waals surface area contributed by atoms with E-state index in [4.69, 9.17) is 10.4 Å². The summed E-state index contributed by atoms with van der Waals surface area (Å²) in [5, 5.41) is 31.5. The second kappa shape index (κ2) is 7.09. The minimum Gasteiger partial charge on any atom is -0.481 e. The van der Waals surface area contributed by atoms with Gasteiger partial charge in [-0.1, -0.05) is 13.3 Å². The van der Waals surface area contributed by atoms with Crippen LogP contribution in [0.1, 0.15) is 25.3 Å². The number of hydrogen-bond acceptors (Lipinski definition) is 5. The first-order valence-electron chi connectivity index (χ1n) is 6.14. The molecule has 0 saturated heterocycles. The lowest BCUT2D eigenvalue weighted by Gasteiger charge is -2.13. The van der Waals surface area contributed by atoms with E-state index in [0.717, 1.165) is 6.42 Å². The van der Waals surface area contributed by atoms with Gasteiger partial charge in [-0.3, -0.25) is 14.9 Å². The number of nitro groups is 1. The van der Waals surface area contributed by atoms with Gasteiger partial charge in [-0.15, -0.1) is 0 Å². The highest BCUT2D eigenvalue weighted by atomic mass is 16.6. The van der Waals surface area contributed by atoms with Gasteiger partial charge in [-0.05, 0) is 18.6 Å². The van der Waals surface area contributed by atoms with E-state index in [2.05, 4.69) is 5.32 Å². The maximum Gasteiger partial charge on any atom is 0.308 e. The van der Waals surface area contributed by atoms with Crippen LogP contribution in [-0.2, 0) is 4.79 Å². The van der Waals surface area contributed by atoms with Crippen molar-refractivity contribution in [2.45, 2.75) is 19.8 Å². The van der Waals surface area contributed by atoms with E-state index < -0.39 is 16.8 Å². The van der Waals surface area contributed by atoms with Crippen LogP contribution in [-0.4, -0.2) is 22.5 Å². The van der Waals surface area contributed by atoms with Crippen LogP contribution in [0.2, 0.25) is 0 Å². The normalized spacial score (nSPS) is 11.4. The Hall–Kier alpha value is -2.62. The zero-order valence-electron chi connectivity index (χ0n) is 11.0. The Kier molecular flexibility index (Phi) is 5.47. The van der Waals surface area contributed by atoms with Crippen molar-refractivity contribution in [2.75, 3.05) is 11.9 Å². The van der Waals surface area contributed by atoms with Gasteiger partial charge in [0, 0.05) is 18.3 Å². The molecule has 1 atom stereocenters. The van der Waals surface area contributed by atoms with Crippen molar-refractivity contribution in [3.63, 3.8) is 0 Å². The topological polar surface area (TPSA) is 116 Å². The van der Waals surface area contributed by atoms with Crippen LogP contribution in [0, 0.1) is 27.4 Å². The quantitative estimate of drug-likeness (QED) is 0.583. The molecule has 0 aliphatic heterocycles. The lowest BCUT2D eigenvalue weighted by molar-refractivity contribution is -0.385. The van der Waals surface area contributed by atoms with Crippen LogP contribution in [0.15, 0.2) is 18.2 Å². The van der Waals surface area contributed by atoms with Gasteiger partial charge < -0.3 is 10.4 Å². The van der Waals surface area contributed by atoms with Gasteiger partial charge in [0.1, 0.15) is 11.6 Å². The van der Waals surface area contributed by atoms with Crippen LogP contribution in [0.25, 0.3) is 0 Å². The lowest BCUT2D eigenvalue weighted by Crippen LogP contribution is -2.22. The molecule has 106 valence electrons. The number of aliphatic carboxylic acids is 1. The smallest absolute Gasteiger partial charge is 0.308 e. The Morgan fingerprint density at radius 2 is 2.30 bits per heavy atom. The third-order valence-electron chi connectivity index (χ3n) is 2.85. The van der Waals surface area contributed by atoms with Crippen molar-refractivity contribution in [1.29, 1.82) is 5.26 Å². The first kappa shape index (κ1) is 15.4. The van der Waals surface area contributed by atoms with Gasteiger partial charge in [-0.2, -0.15) is 5.26 Å². The zero-order valence-corrected chi connectivity index (χ0v) is 11.0. The number of hydrogen-bond donors (Lipinski definition) is 2. The fraction of sp³-hybridized carbons (Fsp3) is 0.385. The van der Waals surface area contributed by atoms with Gasteiger partial charge in [-0.25, -0.2) is 0 Å². The average Bonchev–Trinajstić information content (AvgIpc) is 2.42. The van der Waals surface area contributed by atoms with Gasteiger partial charge in [0.2, 0.25) is 0 Å². The second-order valence-corrected chi connectivity index (χ2v) is 4.31. The van der Waals surface area contributed by atoms with E-state index in [-0.39, 0.29) is 17.8 Å². The first-order valence-corrected chi connectivity index (χ1v) is 6.14. The third-order valence-corrected chi connectivity index (χ3v) is 2.85. The molecule has 7 heteroatoms. The standard InChI is InChI=1S/C13H15N3O4/c1-2-3-10(13(17)18)8-15-11-5-4-9(7-14)12(6-11)16(19)20/h4-6,10,15H,2-3,8H2,1H3,(H,17,18). The molecule has 0 fully saturated rings. The fourth-order valence-electron chi connectivity index (χ4n) is 1.79. The highest BCUT2D eigenvalue weighted by molar-refractivity contribution is 5.71. The van der Waals surface area contributed by atoms with Crippen molar-refractivity contribution in [2.24, 2.45) is 5.92 Å². The molecule has 0 aliphatic carbocycles. The van der Waals surface area contributed by atoms with Crippen molar-refractivity contribution >= 4 is 17.3 Å². The van der Waals surface area contributed by atoms with Gasteiger partial charge in [0.25, 0.3) is 5.69 Å². The summed E-state index contributed by atoms with van der Waals surface area (Å²) in [6.07, 6.45) is 1.27. The molecule has 20 heavy (non-hydrogen) atoms. The molecule has 0 spiro atoms. The first-order chi connectivity index (χ1) is 9.49. The van der Waals surface area contributed by atoms with Crippen LogP contribution >= 0.6 is 0 Å². The predicted molar refractivity (Wildman–Crippen MR) is 72.3 cm³/mol. The summed E-state index contributed by atoms with van der Waals surface area (Å²) in [4.78, 5) is 21.2. The highest BCUT2D eigenvalue weighted by Crippen LogP contribution is 2.23. The molecular weight excluding hydrogens is 262 g/mol. The van der Waals surface area contributed by atoms with Gasteiger partial charge >= 0.3 is 5.97 Å². The van der Waals surface area contributed by atoms with E-state index in [1.807, 2.05) is 6.92 Å². The number of anilines is 1. The number of nitro benzene ring substituents is 1. The number of carboxylic acid groups (broad SMARTS) is 1. The van der Waals surface area contributed by atoms with E-state index >= 15 is 0 Å². The number of nitrogens with zero attached hydrogens (tertiary/aromatic N) is 2. The molecule has 1 unspecified atom stereocenters. The van der Waals surface area contributed by atoms with Crippen molar-refractivity contribution < 1.29 is 14.8 Å². The largest absolute Gasteiger partial charge is 0.481 e. The molecule has 0 aromatic heterocycles. The minimum absolute atomic E-state index is 0.0242. The maximum absolute atomic E-state index is 11.0. The summed E-state index contributed by atoms with van der Waals surface area (Å²) in [5.41, 5.74) is 0.113. The highest BCUT2D eigenvalue weighted by Gasteiger charge is 2.18. The fourth-order valence-corrected chi connectivity index (χ4v) is 1.79. The number of benzene rings is 1. The van der Waals surface area contributed by atoms with E-state index in [1.54, 1.807) is 6.07 Å². The number of nitriles is 1. The SMILES string of the molecule is CCCC(CNc1ccc(C#N)c([N+](=O)[O-])c1)C(=O)O. The molecule has 1 aromatic rings. The number of rotatable bonds is 7. The van der Waals surface area contributed by atoms with E-state index in [9.17, 15) is 14.9 Å². The number of carboxylic acids is 1. The van der Waals surface area contributed by atoms with Crippen LogP contribution in [0.5, 0.6) is 0 Å². The third kappa shape index (κ3) is 3.95. The van der Waals surface area contributed by atoms with Crippen LogP contribution in [0.4, 0.5) is 11.4 Å². The molecule has 7 nitrogen and oxygen atoms in total. The Bertz CT molecular complexity index is 551. The number of carbonyl (C=O) groups is 1. The summed E-state index contributed by atoms with van der Waals surface area (Å²) in [6.45, 7) is 2.08. The summed E-state index contributed by atoms with van der Waals surface area (Å²) < 4.78 is 0.